The molecule has 0 radical (unpaired) electrons. The van der Waals surface area contributed by atoms with Crippen LogP contribution in [0.15, 0.2) is 24.3 Å². The van der Waals surface area contributed by atoms with Gasteiger partial charge in [0, 0.05) is 5.69 Å². The molecule has 0 aliphatic carbocycles. The summed E-state index contributed by atoms with van der Waals surface area (Å²) in [5.74, 6) is -0.690. The van der Waals surface area contributed by atoms with E-state index in [2.05, 4.69) is 24.5 Å². The van der Waals surface area contributed by atoms with Crippen LogP contribution < -0.4 is 10.6 Å². The van der Waals surface area contributed by atoms with E-state index in [0.29, 0.717) is 11.6 Å². The van der Waals surface area contributed by atoms with Gasteiger partial charge >= 0.3 is 12.0 Å². The summed E-state index contributed by atoms with van der Waals surface area (Å²) in [5.41, 5.74) is 1.19. The standard InChI is InChI=1S/C16H24N2O3/c1-10(2)11-7-6-8-12(9-11)17-15(21)18-13(14(19)20)16(3,4)5/h6-10,13H,1-5H3,(H,19,20)(H2,17,18,21)/t13-/m1/s1. The number of carboxylic acids is 1. The molecule has 1 aromatic rings. The Hall–Kier alpha value is -2.04. The molecule has 116 valence electrons. The predicted octanol–water partition coefficient (Wildman–Crippen LogP) is 3.43. The maximum Gasteiger partial charge on any atom is 0.326 e. The van der Waals surface area contributed by atoms with Gasteiger partial charge in [-0.25, -0.2) is 9.59 Å². The minimum Gasteiger partial charge on any atom is -0.480 e. The number of aliphatic carboxylic acids is 1. The van der Waals surface area contributed by atoms with Gasteiger partial charge in [0.2, 0.25) is 0 Å². The monoisotopic (exact) mass is 292 g/mol. The molecular weight excluding hydrogens is 268 g/mol. The van der Waals surface area contributed by atoms with Crippen LogP contribution in [0.25, 0.3) is 0 Å². The van der Waals surface area contributed by atoms with Crippen LogP contribution in [0.1, 0.15) is 46.1 Å². The second kappa shape index (κ2) is 6.61. The van der Waals surface area contributed by atoms with Crippen LogP contribution in [0.5, 0.6) is 0 Å². The molecule has 5 heteroatoms. The Kier molecular flexibility index (Phi) is 5.35. The fraction of sp³-hybridized carbons (Fsp3) is 0.500. The van der Waals surface area contributed by atoms with E-state index in [-0.39, 0.29) is 0 Å². The highest BCUT2D eigenvalue weighted by atomic mass is 16.4. The molecular formula is C16H24N2O3. The van der Waals surface area contributed by atoms with Crippen LogP contribution in [-0.4, -0.2) is 23.1 Å². The van der Waals surface area contributed by atoms with Crippen LogP contribution in [0.3, 0.4) is 0 Å². The molecule has 0 fully saturated rings. The maximum atomic E-state index is 12.0. The quantitative estimate of drug-likeness (QED) is 0.795. The minimum atomic E-state index is -1.05. The third-order valence-electron chi connectivity index (χ3n) is 3.20. The number of amides is 2. The number of anilines is 1. The normalized spacial score (nSPS) is 12.9. The van der Waals surface area contributed by atoms with Crippen LogP contribution in [0.4, 0.5) is 10.5 Å². The van der Waals surface area contributed by atoms with Gasteiger partial charge in [-0.1, -0.05) is 46.8 Å². The van der Waals surface area contributed by atoms with Crippen molar-refractivity contribution in [3.05, 3.63) is 29.8 Å². The molecule has 3 N–H and O–H groups in total. The van der Waals surface area contributed by atoms with E-state index in [0.717, 1.165) is 5.56 Å². The highest BCUT2D eigenvalue weighted by Crippen LogP contribution is 2.21. The molecule has 0 heterocycles. The molecule has 0 aliphatic rings. The zero-order valence-corrected chi connectivity index (χ0v) is 13.2. The van der Waals surface area contributed by atoms with E-state index in [1.54, 1.807) is 26.8 Å². The average molecular weight is 292 g/mol. The van der Waals surface area contributed by atoms with Crippen LogP contribution in [0.2, 0.25) is 0 Å². The molecule has 0 aliphatic heterocycles. The Morgan fingerprint density at radius 3 is 2.29 bits per heavy atom. The van der Waals surface area contributed by atoms with Crippen molar-refractivity contribution in [2.75, 3.05) is 5.32 Å². The second-order valence-corrected chi connectivity index (χ2v) is 6.52. The van der Waals surface area contributed by atoms with Crippen LogP contribution in [-0.2, 0) is 4.79 Å². The lowest BCUT2D eigenvalue weighted by molar-refractivity contribution is -0.141. The Morgan fingerprint density at radius 1 is 1.19 bits per heavy atom. The minimum absolute atomic E-state index is 0.358. The summed E-state index contributed by atoms with van der Waals surface area (Å²) < 4.78 is 0. The summed E-state index contributed by atoms with van der Waals surface area (Å²) >= 11 is 0. The molecule has 2 amide bonds. The molecule has 21 heavy (non-hydrogen) atoms. The summed E-state index contributed by atoms with van der Waals surface area (Å²) in [6, 6.07) is 6.05. The van der Waals surface area contributed by atoms with Gasteiger partial charge < -0.3 is 15.7 Å². The van der Waals surface area contributed by atoms with Crippen molar-refractivity contribution in [2.45, 2.75) is 46.6 Å². The highest BCUT2D eigenvalue weighted by Gasteiger charge is 2.32. The number of hydrogen-bond donors (Lipinski definition) is 3. The van der Waals surface area contributed by atoms with Crippen LogP contribution >= 0.6 is 0 Å². The van der Waals surface area contributed by atoms with Gasteiger partial charge in [0.25, 0.3) is 0 Å². The number of carbonyl (C=O) groups excluding carboxylic acids is 1. The number of benzene rings is 1. The topological polar surface area (TPSA) is 78.4 Å². The number of urea groups is 1. The molecule has 5 nitrogen and oxygen atoms in total. The molecule has 1 atom stereocenters. The van der Waals surface area contributed by atoms with E-state index in [4.69, 9.17) is 0 Å². The van der Waals surface area contributed by atoms with Gasteiger partial charge in [0.1, 0.15) is 6.04 Å². The third-order valence-corrected chi connectivity index (χ3v) is 3.20. The first-order valence-electron chi connectivity index (χ1n) is 7.01. The number of hydrogen-bond acceptors (Lipinski definition) is 2. The molecule has 0 aromatic heterocycles. The van der Waals surface area contributed by atoms with E-state index in [1.807, 2.05) is 18.2 Å². The second-order valence-electron chi connectivity index (χ2n) is 6.52. The van der Waals surface area contributed by atoms with Gasteiger partial charge in [-0.3, -0.25) is 0 Å². The van der Waals surface area contributed by atoms with Crippen molar-refractivity contribution in [3.8, 4) is 0 Å². The lowest BCUT2D eigenvalue weighted by Gasteiger charge is -2.27. The summed E-state index contributed by atoms with van der Waals surface area (Å²) in [7, 11) is 0. The molecule has 0 saturated heterocycles. The first-order valence-corrected chi connectivity index (χ1v) is 7.01. The van der Waals surface area contributed by atoms with Crippen molar-refractivity contribution in [2.24, 2.45) is 5.41 Å². The van der Waals surface area contributed by atoms with E-state index in [9.17, 15) is 14.7 Å². The van der Waals surface area contributed by atoms with Crippen molar-refractivity contribution < 1.29 is 14.7 Å². The van der Waals surface area contributed by atoms with Gasteiger partial charge in [-0.15, -0.1) is 0 Å². The van der Waals surface area contributed by atoms with Gasteiger partial charge in [-0.05, 0) is 29.0 Å². The Balaban J connectivity index is 2.77. The Labute approximate surface area is 125 Å². The van der Waals surface area contributed by atoms with Crippen LogP contribution in [0, 0.1) is 5.41 Å². The maximum absolute atomic E-state index is 12.0. The summed E-state index contributed by atoms with van der Waals surface area (Å²) in [6.45, 7) is 9.45. The lowest BCUT2D eigenvalue weighted by atomic mass is 9.87. The van der Waals surface area contributed by atoms with Gasteiger partial charge in [-0.2, -0.15) is 0 Å². The van der Waals surface area contributed by atoms with Crippen molar-refractivity contribution in [1.82, 2.24) is 5.32 Å². The first kappa shape index (κ1) is 17.0. The number of rotatable bonds is 4. The van der Waals surface area contributed by atoms with Crippen molar-refractivity contribution >= 4 is 17.7 Å². The fourth-order valence-electron chi connectivity index (χ4n) is 1.92. The smallest absolute Gasteiger partial charge is 0.326 e. The summed E-state index contributed by atoms with van der Waals surface area (Å²) in [6.07, 6.45) is 0. The van der Waals surface area contributed by atoms with E-state index in [1.165, 1.54) is 0 Å². The van der Waals surface area contributed by atoms with E-state index < -0.39 is 23.5 Å². The predicted molar refractivity (Wildman–Crippen MR) is 83.6 cm³/mol. The zero-order chi connectivity index (χ0) is 16.2. The molecule has 0 unspecified atom stereocenters. The van der Waals surface area contributed by atoms with E-state index >= 15 is 0 Å². The third kappa shape index (κ3) is 5.10. The zero-order valence-electron chi connectivity index (χ0n) is 13.2. The molecule has 0 bridgehead atoms. The average Bonchev–Trinajstić information content (AvgIpc) is 2.34. The number of nitrogens with one attached hydrogen (secondary N) is 2. The largest absolute Gasteiger partial charge is 0.480 e. The fourth-order valence-corrected chi connectivity index (χ4v) is 1.92. The van der Waals surface area contributed by atoms with Gasteiger partial charge in [0.05, 0.1) is 0 Å². The van der Waals surface area contributed by atoms with Gasteiger partial charge in [0.15, 0.2) is 0 Å². The molecule has 0 saturated carbocycles. The van der Waals surface area contributed by atoms with Crippen molar-refractivity contribution in [1.29, 1.82) is 0 Å². The number of carboxylic acid groups (broad SMARTS) is 1. The summed E-state index contributed by atoms with van der Waals surface area (Å²) in [4.78, 5) is 23.2. The lowest BCUT2D eigenvalue weighted by Crippen LogP contribution is -2.50. The Bertz CT molecular complexity index is 518. The Morgan fingerprint density at radius 2 is 1.81 bits per heavy atom. The molecule has 1 rings (SSSR count). The SMILES string of the molecule is CC(C)c1cccc(NC(=O)N[C@H](C(=O)O)C(C)(C)C)c1. The molecule has 1 aromatic carbocycles. The summed E-state index contributed by atoms with van der Waals surface area (Å²) in [5, 5.41) is 14.4. The highest BCUT2D eigenvalue weighted by molar-refractivity contribution is 5.92. The molecule has 0 spiro atoms. The first-order chi connectivity index (χ1) is 9.61. The number of carbonyl (C=O) groups is 2. The van der Waals surface area contributed by atoms with Crippen molar-refractivity contribution in [3.63, 3.8) is 0 Å².